The van der Waals surface area contributed by atoms with E-state index in [9.17, 15) is 9.90 Å². The molecule has 0 aliphatic heterocycles. The molecule has 21 heavy (non-hydrogen) atoms. The van der Waals surface area contributed by atoms with Gasteiger partial charge >= 0.3 is 0 Å². The van der Waals surface area contributed by atoms with Gasteiger partial charge in [-0.3, -0.25) is 4.79 Å². The monoisotopic (exact) mass is 287 g/mol. The van der Waals surface area contributed by atoms with E-state index < -0.39 is 12.0 Å². The molecule has 3 heteroatoms. The third-order valence-electron chi connectivity index (χ3n) is 4.34. The Balaban J connectivity index is 2.18. The van der Waals surface area contributed by atoms with Gasteiger partial charge in [-0.15, -0.1) is 6.58 Å². The van der Waals surface area contributed by atoms with Crippen molar-refractivity contribution in [1.29, 1.82) is 0 Å². The van der Waals surface area contributed by atoms with Crippen LogP contribution < -0.4 is 5.32 Å². The summed E-state index contributed by atoms with van der Waals surface area (Å²) in [5.41, 5.74) is 0.886. The lowest BCUT2D eigenvalue weighted by atomic mass is 9.78. The molecule has 0 heterocycles. The summed E-state index contributed by atoms with van der Waals surface area (Å²) in [5, 5.41) is 13.6. The summed E-state index contributed by atoms with van der Waals surface area (Å²) in [6, 6.07) is 9.59. The largest absolute Gasteiger partial charge is 0.392 e. The van der Waals surface area contributed by atoms with Gasteiger partial charge in [-0.2, -0.15) is 0 Å². The second kappa shape index (κ2) is 7.99. The van der Waals surface area contributed by atoms with E-state index in [4.69, 9.17) is 0 Å². The molecule has 1 amide bonds. The molecule has 2 rings (SSSR count). The molecule has 1 aromatic carbocycles. The fourth-order valence-corrected chi connectivity index (χ4v) is 3.19. The average Bonchev–Trinajstić information content (AvgIpc) is 2.55. The standard InChI is InChI=1S/C18H25NO2/c1-2-13-19-18(21)16(14-9-5-3-6-10-14)17(20)15-11-7-4-8-12-15/h2-3,5-6,9-10,15-17,20H,1,4,7-8,11-13H2,(H,19,21). The number of carbonyl (C=O) groups excluding carboxylic acids is 1. The van der Waals surface area contributed by atoms with Crippen LogP contribution in [0.5, 0.6) is 0 Å². The minimum atomic E-state index is -0.613. The van der Waals surface area contributed by atoms with E-state index in [2.05, 4.69) is 11.9 Å². The van der Waals surface area contributed by atoms with Crippen LogP contribution in [0.4, 0.5) is 0 Å². The molecule has 0 radical (unpaired) electrons. The van der Waals surface area contributed by atoms with E-state index in [-0.39, 0.29) is 11.8 Å². The summed E-state index contributed by atoms with van der Waals surface area (Å²) < 4.78 is 0. The van der Waals surface area contributed by atoms with E-state index >= 15 is 0 Å². The van der Waals surface area contributed by atoms with Gasteiger partial charge in [0.15, 0.2) is 0 Å². The first-order valence-electron chi connectivity index (χ1n) is 7.85. The van der Waals surface area contributed by atoms with Crippen LogP contribution in [0.3, 0.4) is 0 Å². The van der Waals surface area contributed by atoms with Crippen molar-refractivity contribution in [2.24, 2.45) is 5.92 Å². The normalized spacial score (nSPS) is 18.7. The third-order valence-corrected chi connectivity index (χ3v) is 4.34. The van der Waals surface area contributed by atoms with E-state index in [1.165, 1.54) is 6.42 Å². The summed E-state index contributed by atoms with van der Waals surface area (Å²) in [6.07, 6.45) is 6.61. The number of amides is 1. The Labute approximate surface area is 127 Å². The highest BCUT2D eigenvalue weighted by Crippen LogP contribution is 2.33. The first-order chi connectivity index (χ1) is 10.2. The average molecular weight is 287 g/mol. The maximum atomic E-state index is 12.5. The molecule has 1 aliphatic carbocycles. The van der Waals surface area contributed by atoms with Crippen molar-refractivity contribution in [3.05, 3.63) is 48.6 Å². The number of aliphatic hydroxyl groups excluding tert-OH is 1. The van der Waals surface area contributed by atoms with Crippen molar-refractivity contribution in [1.82, 2.24) is 5.32 Å². The van der Waals surface area contributed by atoms with Gasteiger partial charge in [-0.1, -0.05) is 55.7 Å². The molecule has 1 aliphatic rings. The van der Waals surface area contributed by atoms with Gasteiger partial charge in [0.05, 0.1) is 12.0 Å². The topological polar surface area (TPSA) is 49.3 Å². The first-order valence-corrected chi connectivity index (χ1v) is 7.85. The number of rotatable bonds is 6. The van der Waals surface area contributed by atoms with Gasteiger partial charge in [0.25, 0.3) is 0 Å². The Hall–Kier alpha value is -1.61. The Bertz CT molecular complexity index is 452. The lowest BCUT2D eigenvalue weighted by Crippen LogP contribution is -2.40. The van der Waals surface area contributed by atoms with Crippen molar-refractivity contribution in [3.8, 4) is 0 Å². The number of carbonyl (C=O) groups is 1. The number of benzene rings is 1. The van der Waals surface area contributed by atoms with E-state index in [0.29, 0.717) is 6.54 Å². The Kier molecular flexibility index (Phi) is 6.00. The van der Waals surface area contributed by atoms with Gasteiger partial charge in [0, 0.05) is 6.54 Å². The second-order valence-corrected chi connectivity index (χ2v) is 5.81. The lowest BCUT2D eigenvalue weighted by molar-refractivity contribution is -0.126. The van der Waals surface area contributed by atoms with Gasteiger partial charge < -0.3 is 10.4 Å². The Morgan fingerprint density at radius 3 is 2.57 bits per heavy atom. The molecule has 114 valence electrons. The molecule has 3 nitrogen and oxygen atoms in total. The minimum Gasteiger partial charge on any atom is -0.392 e. The van der Waals surface area contributed by atoms with Crippen molar-refractivity contribution >= 4 is 5.91 Å². The van der Waals surface area contributed by atoms with Crippen LogP contribution in [0.2, 0.25) is 0 Å². The maximum Gasteiger partial charge on any atom is 0.230 e. The summed E-state index contributed by atoms with van der Waals surface area (Å²) in [6.45, 7) is 4.05. The van der Waals surface area contributed by atoms with Crippen LogP contribution in [0.1, 0.15) is 43.6 Å². The first kappa shape index (κ1) is 15.8. The van der Waals surface area contributed by atoms with E-state index in [0.717, 1.165) is 31.2 Å². The SMILES string of the molecule is C=CCNC(=O)C(c1ccccc1)C(O)C1CCCCC1. The molecule has 2 unspecified atom stereocenters. The molecule has 0 saturated heterocycles. The lowest BCUT2D eigenvalue weighted by Gasteiger charge is -2.32. The van der Waals surface area contributed by atoms with Gasteiger partial charge in [-0.05, 0) is 24.3 Å². The zero-order chi connectivity index (χ0) is 15.1. The summed E-state index contributed by atoms with van der Waals surface area (Å²) in [7, 11) is 0. The van der Waals surface area contributed by atoms with Crippen molar-refractivity contribution in [2.75, 3.05) is 6.54 Å². The summed E-state index contributed by atoms with van der Waals surface area (Å²) >= 11 is 0. The second-order valence-electron chi connectivity index (χ2n) is 5.81. The molecule has 2 atom stereocenters. The fourth-order valence-electron chi connectivity index (χ4n) is 3.19. The minimum absolute atomic E-state index is 0.112. The third kappa shape index (κ3) is 4.18. The number of nitrogens with one attached hydrogen (secondary N) is 1. The number of aliphatic hydroxyl groups is 1. The maximum absolute atomic E-state index is 12.5. The predicted octanol–water partition coefficient (Wildman–Crippen LogP) is 3.01. The summed E-state index contributed by atoms with van der Waals surface area (Å²) in [4.78, 5) is 12.5. The van der Waals surface area contributed by atoms with Gasteiger partial charge in [0.1, 0.15) is 0 Å². The highest BCUT2D eigenvalue weighted by atomic mass is 16.3. The molecule has 0 spiro atoms. The molecular weight excluding hydrogens is 262 g/mol. The van der Waals surface area contributed by atoms with Crippen molar-refractivity contribution in [2.45, 2.75) is 44.1 Å². The van der Waals surface area contributed by atoms with Gasteiger partial charge in [0.2, 0.25) is 5.91 Å². The van der Waals surface area contributed by atoms with E-state index in [1.54, 1.807) is 6.08 Å². The quantitative estimate of drug-likeness (QED) is 0.790. The van der Waals surface area contributed by atoms with Crippen molar-refractivity contribution < 1.29 is 9.90 Å². The summed E-state index contributed by atoms with van der Waals surface area (Å²) in [5.74, 6) is -0.383. The van der Waals surface area contributed by atoms with Crippen LogP contribution in [0.25, 0.3) is 0 Å². The van der Waals surface area contributed by atoms with Crippen molar-refractivity contribution in [3.63, 3.8) is 0 Å². The zero-order valence-corrected chi connectivity index (χ0v) is 12.5. The highest BCUT2D eigenvalue weighted by Gasteiger charge is 2.34. The molecule has 1 aromatic rings. The Morgan fingerprint density at radius 1 is 1.29 bits per heavy atom. The Morgan fingerprint density at radius 2 is 1.95 bits per heavy atom. The predicted molar refractivity (Wildman–Crippen MR) is 85.0 cm³/mol. The molecule has 1 fully saturated rings. The molecule has 0 bridgehead atoms. The molecular formula is C18H25NO2. The van der Waals surface area contributed by atoms with Crippen LogP contribution >= 0.6 is 0 Å². The fraction of sp³-hybridized carbons (Fsp3) is 0.500. The van der Waals surface area contributed by atoms with Gasteiger partial charge in [-0.25, -0.2) is 0 Å². The zero-order valence-electron chi connectivity index (χ0n) is 12.5. The molecule has 1 saturated carbocycles. The molecule has 0 aromatic heterocycles. The highest BCUT2D eigenvalue weighted by molar-refractivity contribution is 5.84. The van der Waals surface area contributed by atoms with Crippen LogP contribution in [0.15, 0.2) is 43.0 Å². The smallest absolute Gasteiger partial charge is 0.230 e. The van der Waals surface area contributed by atoms with Crippen LogP contribution in [-0.4, -0.2) is 23.7 Å². The van der Waals surface area contributed by atoms with Crippen LogP contribution in [-0.2, 0) is 4.79 Å². The van der Waals surface area contributed by atoms with E-state index in [1.807, 2.05) is 30.3 Å². The molecule has 2 N–H and O–H groups in total. The number of hydrogen-bond donors (Lipinski definition) is 2. The number of hydrogen-bond acceptors (Lipinski definition) is 2. The van der Waals surface area contributed by atoms with Crippen LogP contribution in [0, 0.1) is 5.92 Å².